The Labute approximate surface area is 185 Å². The Bertz CT molecular complexity index is 1360. The Morgan fingerprint density at radius 2 is 1.87 bits per heavy atom. The standard InChI is InChI=1S/C24H20ClN5O/c1-15(2)22-8-7-16(11-27-22)18-9-24(31)29(3)14-20(18)17-12-28-30(13-17)23-6-4-5-21(25)19(23)10-26/h4-9,11-15H,1-3H3. The fourth-order valence-corrected chi connectivity index (χ4v) is 3.62. The molecule has 0 amide bonds. The lowest BCUT2D eigenvalue weighted by atomic mass is 9.98. The zero-order valence-electron chi connectivity index (χ0n) is 17.4. The lowest BCUT2D eigenvalue weighted by Crippen LogP contribution is -2.15. The van der Waals surface area contributed by atoms with E-state index in [2.05, 4.69) is 30.0 Å². The van der Waals surface area contributed by atoms with Gasteiger partial charge in [0, 0.05) is 54.1 Å². The Hall–Kier alpha value is -3.69. The number of pyridine rings is 2. The van der Waals surface area contributed by atoms with Gasteiger partial charge in [0.1, 0.15) is 6.07 Å². The van der Waals surface area contributed by atoms with Crippen LogP contribution < -0.4 is 5.56 Å². The summed E-state index contributed by atoms with van der Waals surface area (Å²) in [6, 6.07) is 12.9. The number of aromatic nitrogens is 4. The van der Waals surface area contributed by atoms with Gasteiger partial charge in [-0.05, 0) is 29.7 Å². The van der Waals surface area contributed by atoms with Crippen LogP contribution in [0.15, 0.2) is 66.0 Å². The highest BCUT2D eigenvalue weighted by Crippen LogP contribution is 2.32. The van der Waals surface area contributed by atoms with Gasteiger partial charge in [0.15, 0.2) is 0 Å². The van der Waals surface area contributed by atoms with Crippen LogP contribution in [0.2, 0.25) is 5.02 Å². The molecule has 31 heavy (non-hydrogen) atoms. The number of halogens is 1. The molecule has 154 valence electrons. The van der Waals surface area contributed by atoms with Gasteiger partial charge in [0.2, 0.25) is 0 Å². The summed E-state index contributed by atoms with van der Waals surface area (Å²) >= 11 is 6.17. The molecule has 0 unspecified atom stereocenters. The molecule has 1 aromatic carbocycles. The summed E-state index contributed by atoms with van der Waals surface area (Å²) in [4.78, 5) is 16.9. The molecular weight excluding hydrogens is 410 g/mol. The molecule has 6 nitrogen and oxygen atoms in total. The van der Waals surface area contributed by atoms with E-state index in [4.69, 9.17) is 11.6 Å². The number of aryl methyl sites for hydroxylation is 1. The summed E-state index contributed by atoms with van der Waals surface area (Å²) in [6.45, 7) is 4.18. The van der Waals surface area contributed by atoms with Crippen molar-refractivity contribution < 1.29 is 0 Å². The van der Waals surface area contributed by atoms with Gasteiger partial charge >= 0.3 is 0 Å². The van der Waals surface area contributed by atoms with Gasteiger partial charge in [-0.3, -0.25) is 9.78 Å². The molecule has 7 heteroatoms. The maximum Gasteiger partial charge on any atom is 0.250 e. The maximum atomic E-state index is 12.4. The van der Waals surface area contributed by atoms with Gasteiger partial charge in [-0.15, -0.1) is 0 Å². The minimum Gasteiger partial charge on any atom is -0.318 e. The van der Waals surface area contributed by atoms with E-state index in [9.17, 15) is 10.1 Å². The van der Waals surface area contributed by atoms with E-state index in [-0.39, 0.29) is 5.56 Å². The molecule has 4 aromatic rings. The lowest BCUT2D eigenvalue weighted by molar-refractivity contribution is 0.823. The minimum absolute atomic E-state index is 0.110. The largest absolute Gasteiger partial charge is 0.318 e. The average Bonchev–Trinajstić information content (AvgIpc) is 3.25. The maximum absolute atomic E-state index is 12.4. The minimum atomic E-state index is -0.110. The third-order valence-electron chi connectivity index (χ3n) is 5.16. The Morgan fingerprint density at radius 1 is 1.06 bits per heavy atom. The molecule has 0 saturated carbocycles. The van der Waals surface area contributed by atoms with Crippen LogP contribution in [-0.4, -0.2) is 19.3 Å². The van der Waals surface area contributed by atoms with Crippen molar-refractivity contribution in [1.29, 1.82) is 5.26 Å². The molecule has 0 atom stereocenters. The first-order chi connectivity index (χ1) is 14.9. The van der Waals surface area contributed by atoms with Gasteiger partial charge in [-0.1, -0.05) is 37.6 Å². The number of nitriles is 1. The third kappa shape index (κ3) is 3.88. The highest BCUT2D eigenvalue weighted by atomic mass is 35.5. The molecule has 0 spiro atoms. The molecule has 0 aliphatic heterocycles. The van der Waals surface area contributed by atoms with Gasteiger partial charge < -0.3 is 4.57 Å². The number of rotatable bonds is 4. The van der Waals surface area contributed by atoms with Crippen molar-refractivity contribution in [2.24, 2.45) is 7.05 Å². The topological polar surface area (TPSA) is 76.5 Å². The summed E-state index contributed by atoms with van der Waals surface area (Å²) in [7, 11) is 1.71. The smallest absolute Gasteiger partial charge is 0.250 e. The molecular formula is C24H20ClN5O. The molecule has 0 bridgehead atoms. The monoisotopic (exact) mass is 429 g/mol. The fraction of sp³-hybridized carbons (Fsp3) is 0.167. The van der Waals surface area contributed by atoms with Crippen molar-refractivity contribution in [3.8, 4) is 34.0 Å². The number of benzene rings is 1. The van der Waals surface area contributed by atoms with E-state index in [1.165, 1.54) is 4.57 Å². The first-order valence-electron chi connectivity index (χ1n) is 9.80. The van der Waals surface area contributed by atoms with Crippen molar-refractivity contribution in [2.75, 3.05) is 0 Å². The van der Waals surface area contributed by atoms with E-state index < -0.39 is 0 Å². The molecule has 0 saturated heterocycles. The third-order valence-corrected chi connectivity index (χ3v) is 5.48. The van der Waals surface area contributed by atoms with Gasteiger partial charge in [0.25, 0.3) is 5.56 Å². The Kier molecular flexibility index (Phi) is 5.45. The van der Waals surface area contributed by atoms with E-state index in [1.807, 2.05) is 18.3 Å². The van der Waals surface area contributed by atoms with Crippen molar-refractivity contribution in [3.63, 3.8) is 0 Å². The fourth-order valence-electron chi connectivity index (χ4n) is 3.41. The van der Waals surface area contributed by atoms with Crippen LogP contribution in [-0.2, 0) is 7.05 Å². The van der Waals surface area contributed by atoms with Crippen molar-refractivity contribution in [3.05, 3.63) is 87.8 Å². The van der Waals surface area contributed by atoms with Crippen LogP contribution in [0.4, 0.5) is 0 Å². The van der Waals surface area contributed by atoms with E-state index in [0.29, 0.717) is 22.2 Å². The van der Waals surface area contributed by atoms with E-state index >= 15 is 0 Å². The summed E-state index contributed by atoms with van der Waals surface area (Å²) in [5.74, 6) is 0.322. The zero-order valence-corrected chi connectivity index (χ0v) is 18.1. The van der Waals surface area contributed by atoms with Crippen LogP contribution in [0.5, 0.6) is 0 Å². The van der Waals surface area contributed by atoms with Crippen molar-refractivity contribution in [2.45, 2.75) is 19.8 Å². The molecule has 3 heterocycles. The van der Waals surface area contributed by atoms with Crippen LogP contribution in [0.3, 0.4) is 0 Å². The average molecular weight is 430 g/mol. The van der Waals surface area contributed by atoms with E-state index in [1.54, 1.807) is 54.6 Å². The van der Waals surface area contributed by atoms with Crippen LogP contribution in [0.1, 0.15) is 31.0 Å². The van der Waals surface area contributed by atoms with Crippen LogP contribution >= 0.6 is 11.6 Å². The molecule has 3 aromatic heterocycles. The summed E-state index contributed by atoms with van der Waals surface area (Å²) < 4.78 is 3.15. The predicted molar refractivity (Wildman–Crippen MR) is 121 cm³/mol. The first kappa shape index (κ1) is 20.6. The van der Waals surface area contributed by atoms with Crippen LogP contribution in [0, 0.1) is 11.3 Å². The van der Waals surface area contributed by atoms with Crippen LogP contribution in [0.25, 0.3) is 27.9 Å². The van der Waals surface area contributed by atoms with E-state index in [0.717, 1.165) is 27.9 Å². The molecule has 0 aliphatic rings. The van der Waals surface area contributed by atoms with Crippen molar-refractivity contribution in [1.82, 2.24) is 19.3 Å². The molecule has 0 aliphatic carbocycles. The number of nitrogens with zero attached hydrogens (tertiary/aromatic N) is 5. The molecule has 0 fully saturated rings. The molecule has 4 rings (SSSR count). The molecule has 0 radical (unpaired) electrons. The number of hydrogen-bond donors (Lipinski definition) is 0. The van der Waals surface area contributed by atoms with Crippen molar-refractivity contribution >= 4 is 11.6 Å². The Balaban J connectivity index is 1.85. The predicted octanol–water partition coefficient (Wildman–Crippen LogP) is 4.95. The second kappa shape index (κ2) is 8.21. The summed E-state index contributed by atoms with van der Waals surface area (Å²) in [5, 5.41) is 14.3. The summed E-state index contributed by atoms with van der Waals surface area (Å²) in [5.41, 5.74) is 5.11. The van der Waals surface area contributed by atoms with Gasteiger partial charge in [0.05, 0.1) is 22.5 Å². The second-order valence-electron chi connectivity index (χ2n) is 7.60. The first-order valence-corrected chi connectivity index (χ1v) is 10.2. The molecule has 0 N–H and O–H groups in total. The SMILES string of the molecule is CC(C)c1ccc(-c2cc(=O)n(C)cc2-c2cnn(-c3cccc(Cl)c3C#N)c2)cn1. The number of hydrogen-bond acceptors (Lipinski definition) is 4. The lowest BCUT2D eigenvalue weighted by Gasteiger charge is -2.11. The Morgan fingerprint density at radius 3 is 2.55 bits per heavy atom. The quantitative estimate of drug-likeness (QED) is 0.460. The summed E-state index contributed by atoms with van der Waals surface area (Å²) in [6.07, 6.45) is 7.12. The normalized spacial score (nSPS) is 11.0. The van der Waals surface area contributed by atoms with Gasteiger partial charge in [-0.2, -0.15) is 10.4 Å². The van der Waals surface area contributed by atoms with Gasteiger partial charge in [-0.25, -0.2) is 4.68 Å². The zero-order chi connectivity index (χ0) is 22.1. The highest BCUT2D eigenvalue weighted by Gasteiger charge is 2.15. The second-order valence-corrected chi connectivity index (χ2v) is 8.00. The highest BCUT2D eigenvalue weighted by molar-refractivity contribution is 6.32.